The van der Waals surface area contributed by atoms with Gasteiger partial charge in [-0.2, -0.15) is 5.10 Å². The van der Waals surface area contributed by atoms with E-state index in [1.165, 1.54) is 0 Å². The summed E-state index contributed by atoms with van der Waals surface area (Å²) in [5.74, 6) is -0.0770. The van der Waals surface area contributed by atoms with Gasteiger partial charge >= 0.3 is 0 Å². The van der Waals surface area contributed by atoms with E-state index in [1.54, 1.807) is 32.6 Å². The van der Waals surface area contributed by atoms with E-state index in [4.69, 9.17) is 9.47 Å². The lowest BCUT2D eigenvalue weighted by molar-refractivity contribution is 0.0289. The molecule has 2 aliphatic heterocycles. The molecule has 0 radical (unpaired) electrons. The molecule has 1 saturated heterocycles. The predicted molar refractivity (Wildman–Crippen MR) is 125 cm³/mol. The quantitative estimate of drug-likeness (QED) is 0.521. The molecule has 12 nitrogen and oxygen atoms in total. The molecule has 5 heterocycles. The van der Waals surface area contributed by atoms with E-state index in [0.717, 1.165) is 36.9 Å². The fourth-order valence-corrected chi connectivity index (χ4v) is 5.22. The van der Waals surface area contributed by atoms with Crippen molar-refractivity contribution in [1.82, 2.24) is 40.0 Å². The fraction of sp³-hybridized carbons (Fsp3) is 0.500. The number of amides is 2. The number of pyridine rings is 1. The predicted octanol–water partition coefficient (Wildman–Crippen LogP) is 0.518. The Balaban J connectivity index is 1.28. The number of carbonyl (C=O) groups excluding carboxylic acids is 2. The summed E-state index contributed by atoms with van der Waals surface area (Å²) in [5, 5.41) is 15.9. The van der Waals surface area contributed by atoms with Crippen LogP contribution in [-0.2, 0) is 37.8 Å². The smallest absolute Gasteiger partial charge is 0.274 e. The first-order valence-corrected chi connectivity index (χ1v) is 12.3. The molecule has 188 valence electrons. The average Bonchev–Trinajstić information content (AvgIpc) is 3.58. The molecule has 3 aromatic rings. The lowest BCUT2D eigenvalue weighted by Gasteiger charge is -2.20. The van der Waals surface area contributed by atoms with Gasteiger partial charge in [0.05, 0.1) is 37.2 Å². The highest BCUT2D eigenvalue weighted by Gasteiger charge is 2.40. The lowest BCUT2D eigenvalue weighted by Crippen LogP contribution is -2.44. The maximum atomic E-state index is 13.7. The van der Waals surface area contributed by atoms with Crippen LogP contribution in [0, 0.1) is 0 Å². The zero-order chi connectivity index (χ0) is 24.6. The number of hydrogen-bond acceptors (Lipinski definition) is 8. The van der Waals surface area contributed by atoms with Crippen LogP contribution in [0.4, 0.5) is 0 Å². The average molecular weight is 493 g/mol. The second-order valence-electron chi connectivity index (χ2n) is 9.42. The van der Waals surface area contributed by atoms with Crippen LogP contribution in [0.1, 0.15) is 50.8 Å². The Kier molecular flexibility index (Phi) is 5.88. The minimum atomic E-state index is -0.432. The van der Waals surface area contributed by atoms with Crippen molar-refractivity contribution < 1.29 is 19.1 Å². The zero-order valence-electron chi connectivity index (χ0n) is 20.1. The highest BCUT2D eigenvalue weighted by atomic mass is 16.5. The molecule has 0 aromatic carbocycles. The summed E-state index contributed by atoms with van der Waals surface area (Å²) in [4.78, 5) is 32.9. The lowest BCUT2D eigenvalue weighted by atomic mass is 9.95. The van der Waals surface area contributed by atoms with Gasteiger partial charge in [-0.1, -0.05) is 5.21 Å². The van der Waals surface area contributed by atoms with Gasteiger partial charge in [0.25, 0.3) is 11.8 Å². The molecule has 0 unspecified atom stereocenters. The second kappa shape index (κ2) is 9.34. The molecular formula is C24H28N8O4. The Hall–Kier alpha value is -3.80. The Morgan fingerprint density at radius 3 is 3.03 bits per heavy atom. The summed E-state index contributed by atoms with van der Waals surface area (Å²) >= 11 is 0. The van der Waals surface area contributed by atoms with Crippen molar-refractivity contribution in [3.8, 4) is 5.75 Å². The molecule has 2 amide bonds. The third-order valence-corrected chi connectivity index (χ3v) is 6.99. The monoisotopic (exact) mass is 492 g/mol. The number of nitrogens with zero attached hydrogens (tertiary/aromatic N) is 7. The van der Waals surface area contributed by atoms with E-state index in [1.807, 2.05) is 13.2 Å². The first kappa shape index (κ1) is 22.7. The second-order valence-corrected chi connectivity index (χ2v) is 9.42. The standard InChI is InChI=1S/C24H28N8O4/c1-30-22(16-5-2-3-6-17(16)28-30)24(34)31-12-18-20(13-31)36-14-15-11-32(29-27-15)9-10-35-19-7-4-8-25-21(19)23(33)26-18/h4,7-8,11,18,20H,2-3,5-6,9-10,12-14H2,1H3,(H,26,33)/t18-,20-/m0/s1. The minimum Gasteiger partial charge on any atom is -0.489 e. The van der Waals surface area contributed by atoms with Crippen molar-refractivity contribution in [3.63, 3.8) is 0 Å². The van der Waals surface area contributed by atoms with E-state index >= 15 is 0 Å². The summed E-state index contributed by atoms with van der Waals surface area (Å²) in [6, 6.07) is 3.00. The number of ether oxygens (including phenoxy) is 2. The van der Waals surface area contributed by atoms with Gasteiger partial charge in [0, 0.05) is 31.9 Å². The molecule has 1 aliphatic carbocycles. The van der Waals surface area contributed by atoms with E-state index in [-0.39, 0.29) is 24.1 Å². The molecule has 0 saturated carbocycles. The van der Waals surface area contributed by atoms with Crippen LogP contribution in [0.25, 0.3) is 0 Å². The summed E-state index contributed by atoms with van der Waals surface area (Å²) in [5.41, 5.74) is 3.55. The Labute approximate surface area is 207 Å². The van der Waals surface area contributed by atoms with Gasteiger partial charge in [-0.05, 0) is 37.8 Å². The number of hydrogen-bond donors (Lipinski definition) is 1. The van der Waals surface area contributed by atoms with Gasteiger partial charge in [-0.15, -0.1) is 5.10 Å². The molecule has 2 bridgehead atoms. The van der Waals surface area contributed by atoms with Crippen LogP contribution in [0.5, 0.6) is 5.75 Å². The minimum absolute atomic E-state index is 0.0933. The molecule has 6 rings (SSSR count). The number of likely N-dealkylation sites (tertiary alicyclic amines) is 1. The molecule has 2 atom stereocenters. The number of nitrogens with one attached hydrogen (secondary N) is 1. The van der Waals surface area contributed by atoms with Crippen molar-refractivity contribution in [1.29, 1.82) is 0 Å². The van der Waals surface area contributed by atoms with Crippen molar-refractivity contribution in [2.45, 2.75) is 51.0 Å². The Morgan fingerprint density at radius 1 is 1.22 bits per heavy atom. The largest absolute Gasteiger partial charge is 0.489 e. The van der Waals surface area contributed by atoms with E-state index in [2.05, 4.69) is 25.7 Å². The maximum absolute atomic E-state index is 13.7. The third kappa shape index (κ3) is 4.21. The van der Waals surface area contributed by atoms with Gasteiger partial charge in [0.2, 0.25) is 0 Å². The molecular weight excluding hydrogens is 464 g/mol. The van der Waals surface area contributed by atoms with Crippen LogP contribution in [-0.4, -0.2) is 78.3 Å². The van der Waals surface area contributed by atoms with Gasteiger partial charge in [-0.25, -0.2) is 9.67 Å². The first-order valence-electron chi connectivity index (χ1n) is 12.3. The number of aromatic nitrogens is 6. The molecule has 1 fully saturated rings. The summed E-state index contributed by atoms with van der Waals surface area (Å²) in [6.45, 7) is 1.63. The fourth-order valence-electron chi connectivity index (χ4n) is 5.22. The topological polar surface area (TPSA) is 129 Å². The number of rotatable bonds is 1. The Morgan fingerprint density at radius 2 is 2.11 bits per heavy atom. The van der Waals surface area contributed by atoms with Crippen molar-refractivity contribution in [3.05, 3.63) is 52.9 Å². The SMILES string of the molecule is Cn1nc2c(c1C(=O)N1C[C@@H]3NC(=O)c4ncccc4OCCn4cc(nn4)CO[C@H]3C1)CCCC2. The van der Waals surface area contributed by atoms with Crippen LogP contribution in [0.3, 0.4) is 0 Å². The van der Waals surface area contributed by atoms with E-state index in [9.17, 15) is 9.59 Å². The molecule has 3 aromatic heterocycles. The normalized spacial score (nSPS) is 22.0. The van der Waals surface area contributed by atoms with E-state index in [0.29, 0.717) is 43.4 Å². The summed E-state index contributed by atoms with van der Waals surface area (Å²) < 4.78 is 15.4. The number of aryl methyl sites for hydroxylation is 2. The van der Waals surface area contributed by atoms with Crippen LogP contribution < -0.4 is 10.1 Å². The molecule has 3 aliphatic rings. The molecule has 1 N–H and O–H groups in total. The van der Waals surface area contributed by atoms with Gasteiger partial charge in [0.1, 0.15) is 18.0 Å². The molecule has 36 heavy (non-hydrogen) atoms. The van der Waals surface area contributed by atoms with Crippen LogP contribution in [0.2, 0.25) is 0 Å². The van der Waals surface area contributed by atoms with Gasteiger partial charge in [-0.3, -0.25) is 14.3 Å². The first-order chi connectivity index (χ1) is 17.6. The van der Waals surface area contributed by atoms with Gasteiger partial charge in [0.15, 0.2) is 11.4 Å². The molecule has 12 heteroatoms. The maximum Gasteiger partial charge on any atom is 0.274 e. The van der Waals surface area contributed by atoms with Crippen molar-refractivity contribution in [2.75, 3.05) is 19.7 Å². The highest BCUT2D eigenvalue weighted by Crippen LogP contribution is 2.27. The summed E-state index contributed by atoms with van der Waals surface area (Å²) in [6.07, 6.45) is 6.84. The zero-order valence-corrected chi connectivity index (χ0v) is 20.1. The van der Waals surface area contributed by atoms with Gasteiger partial charge < -0.3 is 19.7 Å². The van der Waals surface area contributed by atoms with E-state index < -0.39 is 12.1 Å². The van der Waals surface area contributed by atoms with Crippen LogP contribution >= 0.6 is 0 Å². The van der Waals surface area contributed by atoms with Crippen LogP contribution in [0.15, 0.2) is 24.5 Å². The number of fused-ring (bicyclic) bond motifs is 5. The highest BCUT2D eigenvalue weighted by molar-refractivity contribution is 5.96. The molecule has 0 spiro atoms. The van der Waals surface area contributed by atoms with Crippen molar-refractivity contribution in [2.24, 2.45) is 7.05 Å². The third-order valence-electron chi connectivity index (χ3n) is 6.99. The van der Waals surface area contributed by atoms with Crippen molar-refractivity contribution >= 4 is 11.8 Å². The Bertz CT molecular complexity index is 1300. The number of carbonyl (C=O) groups is 2. The summed E-state index contributed by atoms with van der Waals surface area (Å²) in [7, 11) is 1.82.